The Kier molecular flexibility index (Phi) is 2.80. The molecule has 0 aliphatic rings. The topological polar surface area (TPSA) is 38.9 Å². The van der Waals surface area contributed by atoms with Crippen LogP contribution < -0.4 is 5.01 Å². The highest BCUT2D eigenvalue weighted by Gasteiger charge is 2.18. The second-order valence-electron chi connectivity index (χ2n) is 3.89. The van der Waals surface area contributed by atoms with Gasteiger partial charge in [0, 0.05) is 20.6 Å². The summed E-state index contributed by atoms with van der Waals surface area (Å²) >= 11 is 5.91. The molecule has 2 aromatic heterocycles. The maximum atomic E-state index is 5.91. The molecular formula is C10H16ClN5. The van der Waals surface area contributed by atoms with Crippen LogP contribution in [-0.4, -0.2) is 33.5 Å². The van der Waals surface area contributed by atoms with E-state index in [2.05, 4.69) is 17.0 Å². The van der Waals surface area contributed by atoms with Gasteiger partial charge in [-0.1, -0.05) is 0 Å². The summed E-state index contributed by atoms with van der Waals surface area (Å²) < 4.78 is 3.96. The third kappa shape index (κ3) is 1.46. The quantitative estimate of drug-likeness (QED) is 0.765. The molecule has 0 aliphatic heterocycles. The molecule has 0 aliphatic carbocycles. The van der Waals surface area contributed by atoms with Crippen LogP contribution in [0.25, 0.3) is 11.2 Å². The van der Waals surface area contributed by atoms with E-state index in [1.165, 1.54) is 0 Å². The van der Waals surface area contributed by atoms with Crippen molar-refractivity contribution in [2.45, 2.75) is 26.3 Å². The largest absolute Gasteiger partial charge is 0.316 e. The van der Waals surface area contributed by atoms with Crippen LogP contribution in [0.15, 0.2) is 0 Å². The standard InChI is InChI=1S/C10H16ClN5/c1-5-15-10-9(7(2)13-15)12-8(6-11)16(10)14(3)4/h5-6H2,1-4H3. The summed E-state index contributed by atoms with van der Waals surface area (Å²) in [4.78, 5) is 4.53. The zero-order valence-electron chi connectivity index (χ0n) is 10.0. The van der Waals surface area contributed by atoms with Crippen molar-refractivity contribution in [2.75, 3.05) is 19.1 Å². The van der Waals surface area contributed by atoms with Crippen LogP contribution in [0.4, 0.5) is 0 Å². The lowest BCUT2D eigenvalue weighted by Gasteiger charge is -2.17. The molecule has 88 valence electrons. The monoisotopic (exact) mass is 241 g/mol. The third-order valence-electron chi connectivity index (χ3n) is 2.57. The SMILES string of the molecule is CCn1nc(C)c2nc(CCl)n(N(C)C)c21. The summed E-state index contributed by atoms with van der Waals surface area (Å²) in [7, 11) is 3.94. The van der Waals surface area contributed by atoms with E-state index in [1.54, 1.807) is 0 Å². The lowest BCUT2D eigenvalue weighted by molar-refractivity contribution is 0.626. The van der Waals surface area contributed by atoms with Crippen LogP contribution in [0.3, 0.4) is 0 Å². The molecule has 0 radical (unpaired) electrons. The molecule has 2 aromatic rings. The number of fused-ring (bicyclic) bond motifs is 1. The van der Waals surface area contributed by atoms with Gasteiger partial charge in [-0.3, -0.25) is 0 Å². The highest BCUT2D eigenvalue weighted by Crippen LogP contribution is 2.20. The van der Waals surface area contributed by atoms with Gasteiger partial charge in [0.1, 0.15) is 11.3 Å². The normalized spacial score (nSPS) is 11.3. The van der Waals surface area contributed by atoms with Crippen LogP contribution in [0.1, 0.15) is 18.4 Å². The Hall–Kier alpha value is -1.23. The van der Waals surface area contributed by atoms with Crippen molar-refractivity contribution in [1.82, 2.24) is 19.4 Å². The van der Waals surface area contributed by atoms with Gasteiger partial charge in [-0.05, 0) is 13.8 Å². The van der Waals surface area contributed by atoms with Crippen molar-refractivity contribution in [3.8, 4) is 0 Å². The van der Waals surface area contributed by atoms with Gasteiger partial charge in [0.15, 0.2) is 5.65 Å². The number of imidazole rings is 1. The Morgan fingerprint density at radius 2 is 2.06 bits per heavy atom. The van der Waals surface area contributed by atoms with E-state index in [1.807, 2.05) is 35.4 Å². The molecule has 0 amide bonds. The highest BCUT2D eigenvalue weighted by atomic mass is 35.5. The number of aryl methyl sites for hydroxylation is 2. The highest BCUT2D eigenvalue weighted by molar-refractivity contribution is 6.16. The van der Waals surface area contributed by atoms with Gasteiger partial charge in [-0.15, -0.1) is 11.6 Å². The lowest BCUT2D eigenvalue weighted by atomic mass is 10.4. The first-order valence-electron chi connectivity index (χ1n) is 5.28. The molecule has 16 heavy (non-hydrogen) atoms. The van der Waals surface area contributed by atoms with Gasteiger partial charge in [-0.25, -0.2) is 14.3 Å². The van der Waals surface area contributed by atoms with Crippen molar-refractivity contribution in [1.29, 1.82) is 0 Å². The zero-order chi connectivity index (χ0) is 11.9. The number of rotatable bonds is 3. The molecule has 0 unspecified atom stereocenters. The molecular weight excluding hydrogens is 226 g/mol. The lowest BCUT2D eigenvalue weighted by Crippen LogP contribution is -2.27. The molecule has 5 nitrogen and oxygen atoms in total. The van der Waals surface area contributed by atoms with Gasteiger partial charge in [0.2, 0.25) is 0 Å². The van der Waals surface area contributed by atoms with Crippen molar-refractivity contribution in [2.24, 2.45) is 0 Å². The van der Waals surface area contributed by atoms with E-state index in [-0.39, 0.29) is 0 Å². The minimum absolute atomic E-state index is 0.399. The van der Waals surface area contributed by atoms with Crippen LogP contribution in [-0.2, 0) is 12.4 Å². The molecule has 2 heterocycles. The first-order chi connectivity index (χ1) is 7.60. The van der Waals surface area contributed by atoms with E-state index in [0.717, 1.165) is 29.2 Å². The van der Waals surface area contributed by atoms with Crippen LogP contribution in [0.2, 0.25) is 0 Å². The van der Waals surface area contributed by atoms with Crippen molar-refractivity contribution < 1.29 is 0 Å². The van der Waals surface area contributed by atoms with Gasteiger partial charge >= 0.3 is 0 Å². The Labute approximate surface area is 99.6 Å². The number of halogens is 1. The summed E-state index contributed by atoms with van der Waals surface area (Å²) in [5.74, 6) is 1.25. The fraction of sp³-hybridized carbons (Fsp3) is 0.600. The molecule has 0 N–H and O–H groups in total. The van der Waals surface area contributed by atoms with Gasteiger partial charge in [0.05, 0.1) is 11.6 Å². The maximum absolute atomic E-state index is 5.91. The molecule has 0 fully saturated rings. The summed E-state index contributed by atoms with van der Waals surface area (Å²) in [5.41, 5.74) is 2.90. The Morgan fingerprint density at radius 3 is 2.56 bits per heavy atom. The minimum Gasteiger partial charge on any atom is -0.316 e. The average Bonchev–Trinajstić information content (AvgIpc) is 2.76. The van der Waals surface area contributed by atoms with E-state index >= 15 is 0 Å². The minimum atomic E-state index is 0.399. The fourth-order valence-electron chi connectivity index (χ4n) is 1.93. The molecule has 0 spiro atoms. The van der Waals surface area contributed by atoms with Crippen LogP contribution >= 0.6 is 11.6 Å². The van der Waals surface area contributed by atoms with E-state index < -0.39 is 0 Å². The van der Waals surface area contributed by atoms with Crippen molar-refractivity contribution >= 4 is 22.8 Å². The van der Waals surface area contributed by atoms with Gasteiger partial charge in [0.25, 0.3) is 0 Å². The first kappa shape index (κ1) is 11.3. The number of hydrogen-bond donors (Lipinski definition) is 0. The molecule has 0 saturated carbocycles. The summed E-state index contributed by atoms with van der Waals surface area (Å²) in [6.45, 7) is 4.87. The van der Waals surface area contributed by atoms with Crippen LogP contribution in [0.5, 0.6) is 0 Å². The summed E-state index contributed by atoms with van der Waals surface area (Å²) in [5, 5.41) is 6.42. The van der Waals surface area contributed by atoms with Crippen molar-refractivity contribution in [3.05, 3.63) is 11.5 Å². The third-order valence-corrected chi connectivity index (χ3v) is 2.81. The average molecular weight is 242 g/mol. The maximum Gasteiger partial charge on any atom is 0.178 e. The summed E-state index contributed by atoms with van der Waals surface area (Å²) in [6.07, 6.45) is 0. The van der Waals surface area contributed by atoms with Gasteiger partial charge in [-0.2, -0.15) is 5.10 Å². The van der Waals surface area contributed by atoms with E-state index in [0.29, 0.717) is 5.88 Å². The summed E-state index contributed by atoms with van der Waals surface area (Å²) in [6, 6.07) is 0. The molecule has 0 aromatic carbocycles. The number of alkyl halides is 1. The van der Waals surface area contributed by atoms with E-state index in [9.17, 15) is 0 Å². The molecule has 6 heteroatoms. The second kappa shape index (κ2) is 3.97. The van der Waals surface area contributed by atoms with Gasteiger partial charge < -0.3 is 5.01 Å². The molecule has 0 saturated heterocycles. The Bertz CT molecular complexity index is 511. The number of nitrogens with zero attached hydrogens (tertiary/aromatic N) is 5. The second-order valence-corrected chi connectivity index (χ2v) is 4.16. The van der Waals surface area contributed by atoms with Crippen molar-refractivity contribution in [3.63, 3.8) is 0 Å². The molecule has 2 rings (SSSR count). The van der Waals surface area contributed by atoms with E-state index in [4.69, 9.17) is 11.6 Å². The fourth-order valence-corrected chi connectivity index (χ4v) is 2.10. The zero-order valence-corrected chi connectivity index (χ0v) is 10.8. The first-order valence-corrected chi connectivity index (χ1v) is 5.81. The predicted octanol–water partition coefficient (Wildman–Crippen LogP) is 1.50. The smallest absolute Gasteiger partial charge is 0.178 e. The number of hydrogen-bond acceptors (Lipinski definition) is 3. The van der Waals surface area contributed by atoms with Crippen LogP contribution in [0, 0.1) is 6.92 Å². The molecule has 0 atom stereocenters. The Morgan fingerprint density at radius 1 is 1.38 bits per heavy atom. The number of aromatic nitrogens is 4. The Balaban J connectivity index is 2.80. The predicted molar refractivity (Wildman–Crippen MR) is 65.6 cm³/mol. The molecule has 0 bridgehead atoms.